The molecule has 1 amide bonds. The van der Waals surface area contributed by atoms with Crippen LogP contribution in [0.4, 0.5) is 5.69 Å². The molecule has 0 spiro atoms. The summed E-state index contributed by atoms with van der Waals surface area (Å²) in [5.41, 5.74) is 2.81. The molecule has 2 N–H and O–H groups in total. The molecule has 6 nitrogen and oxygen atoms in total. The molecule has 0 aliphatic heterocycles. The largest absolute Gasteiger partial charge is 0.465 e. The van der Waals surface area contributed by atoms with E-state index in [1.807, 2.05) is 36.4 Å². The van der Waals surface area contributed by atoms with E-state index in [4.69, 9.17) is 32.7 Å². The van der Waals surface area contributed by atoms with Crippen molar-refractivity contribution < 1.29 is 13.6 Å². The van der Waals surface area contributed by atoms with Crippen LogP contribution in [0.2, 0.25) is 5.02 Å². The first-order chi connectivity index (χ1) is 16.1. The molecule has 0 unspecified atom stereocenters. The highest BCUT2D eigenvalue weighted by Gasteiger charge is 2.13. The molecule has 0 fully saturated rings. The average molecular weight is 474 g/mol. The van der Waals surface area contributed by atoms with Crippen LogP contribution in [0.5, 0.6) is 0 Å². The van der Waals surface area contributed by atoms with E-state index >= 15 is 0 Å². The van der Waals surface area contributed by atoms with E-state index in [0.29, 0.717) is 33.5 Å². The lowest BCUT2D eigenvalue weighted by Gasteiger charge is -2.07. The second-order valence-electron chi connectivity index (χ2n) is 7.13. The Morgan fingerprint density at radius 1 is 1.03 bits per heavy atom. The fourth-order valence-electron chi connectivity index (χ4n) is 3.44. The van der Waals surface area contributed by atoms with E-state index in [1.165, 1.54) is 12.3 Å². The van der Waals surface area contributed by atoms with E-state index in [9.17, 15) is 4.79 Å². The first-order valence-corrected chi connectivity index (χ1v) is 10.8. The number of hydrogen-bond acceptors (Lipinski definition) is 5. The Morgan fingerprint density at radius 2 is 1.88 bits per heavy atom. The summed E-state index contributed by atoms with van der Waals surface area (Å²) in [6.45, 7) is 0. The van der Waals surface area contributed by atoms with Crippen molar-refractivity contribution in [3.05, 3.63) is 89.9 Å². The molecule has 2 aromatic heterocycles. The summed E-state index contributed by atoms with van der Waals surface area (Å²) in [4.78, 5) is 16.7. The molecule has 0 saturated heterocycles. The van der Waals surface area contributed by atoms with Crippen molar-refractivity contribution in [2.75, 3.05) is 5.32 Å². The van der Waals surface area contributed by atoms with Gasteiger partial charge < -0.3 is 14.2 Å². The maximum atomic E-state index is 12.0. The number of amides is 1. The van der Waals surface area contributed by atoms with Crippen molar-refractivity contribution in [2.24, 2.45) is 0 Å². The predicted molar refractivity (Wildman–Crippen MR) is 134 cm³/mol. The van der Waals surface area contributed by atoms with Crippen LogP contribution in [-0.2, 0) is 4.79 Å². The molecule has 162 valence electrons. The standard InChI is InChI=1S/C25H16ClN3O3S/c26-20-8-2-5-17-18(20)6-1-7-19(17)24-28-21-14-15(9-11-22(21)32-24)27-25(33)29-23(30)12-10-16-4-3-13-31-16/h1-14H,(H2,27,29,30,33)/b12-10+. The fraction of sp³-hybridized carbons (Fsp3) is 0. The number of anilines is 1. The molecule has 5 aromatic rings. The molecule has 0 saturated carbocycles. The van der Waals surface area contributed by atoms with Crippen LogP contribution in [0.1, 0.15) is 5.76 Å². The molecular weight excluding hydrogens is 458 g/mol. The number of carbonyl (C=O) groups is 1. The lowest BCUT2D eigenvalue weighted by Crippen LogP contribution is -2.32. The molecule has 3 aromatic carbocycles. The molecule has 0 radical (unpaired) electrons. The van der Waals surface area contributed by atoms with Gasteiger partial charge in [-0.25, -0.2) is 4.98 Å². The third-order valence-corrected chi connectivity index (χ3v) is 5.46. The summed E-state index contributed by atoms with van der Waals surface area (Å²) in [6, 6.07) is 20.5. The zero-order valence-corrected chi connectivity index (χ0v) is 18.6. The summed E-state index contributed by atoms with van der Waals surface area (Å²) in [5, 5.41) is 8.31. The number of carbonyl (C=O) groups excluding carboxylic acids is 1. The Hall–Kier alpha value is -3.94. The topological polar surface area (TPSA) is 80.3 Å². The third kappa shape index (κ3) is 4.50. The quantitative estimate of drug-likeness (QED) is 0.231. The molecule has 8 heteroatoms. The Kier molecular flexibility index (Phi) is 5.64. The second kappa shape index (κ2) is 8.90. The number of aromatic nitrogens is 1. The molecule has 2 heterocycles. The zero-order valence-electron chi connectivity index (χ0n) is 17.0. The first-order valence-electron chi connectivity index (χ1n) is 9.98. The van der Waals surface area contributed by atoms with Crippen LogP contribution in [0, 0.1) is 0 Å². The molecule has 0 atom stereocenters. The summed E-state index contributed by atoms with van der Waals surface area (Å²) in [7, 11) is 0. The van der Waals surface area contributed by atoms with E-state index in [1.54, 1.807) is 36.4 Å². The number of halogens is 1. The minimum atomic E-state index is -0.372. The van der Waals surface area contributed by atoms with E-state index in [-0.39, 0.29) is 11.0 Å². The van der Waals surface area contributed by atoms with Gasteiger partial charge in [0.2, 0.25) is 11.8 Å². The number of rotatable bonds is 4. The van der Waals surface area contributed by atoms with Crippen LogP contribution in [-0.4, -0.2) is 16.0 Å². The van der Waals surface area contributed by atoms with Crippen LogP contribution in [0.3, 0.4) is 0 Å². The number of oxazole rings is 1. The Labute approximate surface area is 198 Å². The summed E-state index contributed by atoms with van der Waals surface area (Å²) in [5.74, 6) is 0.696. The fourth-order valence-corrected chi connectivity index (χ4v) is 3.89. The SMILES string of the molecule is O=C(/C=C/c1ccco1)NC(=S)Nc1ccc2oc(-c3cccc4c(Cl)cccc34)nc2c1. The zero-order chi connectivity index (χ0) is 22.8. The van der Waals surface area contributed by atoms with Crippen molar-refractivity contribution in [2.45, 2.75) is 0 Å². The summed E-state index contributed by atoms with van der Waals surface area (Å²) in [6.07, 6.45) is 4.43. The van der Waals surface area contributed by atoms with Gasteiger partial charge >= 0.3 is 0 Å². The third-order valence-electron chi connectivity index (χ3n) is 4.92. The van der Waals surface area contributed by atoms with Crippen LogP contribution < -0.4 is 10.6 Å². The molecule has 5 rings (SSSR count). The predicted octanol–water partition coefficient (Wildman–Crippen LogP) is 6.42. The van der Waals surface area contributed by atoms with Gasteiger partial charge in [-0.15, -0.1) is 0 Å². The highest BCUT2D eigenvalue weighted by Crippen LogP contribution is 2.33. The highest BCUT2D eigenvalue weighted by molar-refractivity contribution is 7.80. The molecule has 0 aliphatic rings. The molecule has 33 heavy (non-hydrogen) atoms. The van der Waals surface area contributed by atoms with Gasteiger partial charge in [-0.3, -0.25) is 10.1 Å². The Morgan fingerprint density at radius 3 is 2.73 bits per heavy atom. The van der Waals surface area contributed by atoms with Gasteiger partial charge in [0.15, 0.2) is 10.7 Å². The normalized spacial score (nSPS) is 11.3. The lowest BCUT2D eigenvalue weighted by atomic mass is 10.0. The minimum Gasteiger partial charge on any atom is -0.465 e. The Bertz CT molecular complexity index is 1520. The lowest BCUT2D eigenvalue weighted by molar-refractivity contribution is -0.115. The average Bonchev–Trinajstić information content (AvgIpc) is 3.47. The van der Waals surface area contributed by atoms with Gasteiger partial charge in [0.1, 0.15) is 11.3 Å². The van der Waals surface area contributed by atoms with Crippen molar-refractivity contribution in [1.82, 2.24) is 10.3 Å². The number of fused-ring (bicyclic) bond motifs is 2. The number of thiocarbonyl (C=S) groups is 1. The van der Waals surface area contributed by atoms with Crippen molar-refractivity contribution in [3.8, 4) is 11.5 Å². The molecule has 0 bridgehead atoms. The summed E-state index contributed by atoms with van der Waals surface area (Å²) >= 11 is 11.6. The number of furan rings is 1. The summed E-state index contributed by atoms with van der Waals surface area (Å²) < 4.78 is 11.1. The smallest absolute Gasteiger partial charge is 0.250 e. The number of nitrogens with zero attached hydrogens (tertiary/aromatic N) is 1. The van der Waals surface area contributed by atoms with Crippen molar-refractivity contribution >= 4 is 68.5 Å². The van der Waals surface area contributed by atoms with Crippen LogP contribution in [0.25, 0.3) is 39.4 Å². The minimum absolute atomic E-state index is 0.163. The van der Waals surface area contributed by atoms with E-state index in [2.05, 4.69) is 15.6 Å². The monoisotopic (exact) mass is 473 g/mol. The van der Waals surface area contributed by atoms with Gasteiger partial charge in [-0.2, -0.15) is 0 Å². The van der Waals surface area contributed by atoms with Crippen molar-refractivity contribution in [3.63, 3.8) is 0 Å². The number of hydrogen-bond donors (Lipinski definition) is 2. The van der Waals surface area contributed by atoms with Gasteiger partial charge in [-0.05, 0) is 66.1 Å². The van der Waals surface area contributed by atoms with Gasteiger partial charge in [0.05, 0.1) is 6.26 Å². The number of nitrogens with one attached hydrogen (secondary N) is 2. The van der Waals surface area contributed by atoms with E-state index in [0.717, 1.165) is 16.3 Å². The molecule has 0 aliphatic carbocycles. The van der Waals surface area contributed by atoms with Crippen LogP contribution >= 0.6 is 23.8 Å². The number of benzene rings is 3. The second-order valence-corrected chi connectivity index (χ2v) is 7.95. The van der Waals surface area contributed by atoms with Gasteiger partial charge in [0, 0.05) is 27.7 Å². The van der Waals surface area contributed by atoms with Gasteiger partial charge in [0.25, 0.3) is 0 Å². The van der Waals surface area contributed by atoms with Crippen molar-refractivity contribution in [1.29, 1.82) is 0 Å². The molecular formula is C25H16ClN3O3S. The Balaban J connectivity index is 1.34. The van der Waals surface area contributed by atoms with Gasteiger partial charge in [-0.1, -0.05) is 35.9 Å². The first kappa shape index (κ1) is 20.9. The van der Waals surface area contributed by atoms with E-state index < -0.39 is 0 Å². The highest BCUT2D eigenvalue weighted by atomic mass is 35.5. The maximum absolute atomic E-state index is 12.0. The van der Waals surface area contributed by atoms with Crippen LogP contribution in [0.15, 0.2) is 87.9 Å². The maximum Gasteiger partial charge on any atom is 0.250 e.